The molecule has 3 unspecified atom stereocenters. The average molecular weight is 222 g/mol. The molecule has 0 aromatic heterocycles. The molecule has 0 bridgehead atoms. The summed E-state index contributed by atoms with van der Waals surface area (Å²) >= 11 is 0. The van der Waals surface area contributed by atoms with Crippen LogP contribution in [0.15, 0.2) is 0 Å². The lowest BCUT2D eigenvalue weighted by Crippen LogP contribution is -2.47. The second-order valence-electron chi connectivity index (χ2n) is 2.53. The molecule has 0 aromatic carbocycles. The largest absolute Gasteiger partial charge is 0.382 e. The molecule has 0 aliphatic carbocycles. The van der Waals surface area contributed by atoms with Crippen LogP contribution in [-0.2, 0) is 9.47 Å². The third kappa shape index (κ3) is 6.77. The van der Waals surface area contributed by atoms with Gasteiger partial charge in [-0.1, -0.05) is 21.3 Å². The first kappa shape index (κ1) is 14.4. The standard InChI is InChI=1S/C6H14BNO2P.C2H6.CH4/c1-9-4-5-2-8-3-6(7-11)10-5;1-2;/h5-6,8H,2-4,11H2,1H3;1-2H3;1H4/i/hT. The summed E-state index contributed by atoms with van der Waals surface area (Å²) in [6.07, 6.45) is 0.0306. The van der Waals surface area contributed by atoms with E-state index in [1.165, 1.54) is 5.31 Å². The molecule has 1 aliphatic rings. The van der Waals surface area contributed by atoms with Gasteiger partial charge in [0.05, 0.1) is 12.7 Å². The fraction of sp³-hybridized carbons (Fsp3) is 1.00. The third-order valence-corrected chi connectivity index (χ3v) is 2.01. The quantitative estimate of drug-likeness (QED) is 0.573. The number of ether oxygens (including phenoxy) is 2. The second kappa shape index (κ2) is 11.4. The molecule has 1 heterocycles. The zero-order valence-corrected chi connectivity index (χ0v) is 9.85. The molecule has 1 rings (SSSR count). The lowest BCUT2D eigenvalue weighted by Gasteiger charge is -2.29. The number of hydrogen-bond acceptors (Lipinski definition) is 3. The fourth-order valence-electron chi connectivity index (χ4n) is 1.06. The van der Waals surface area contributed by atoms with E-state index in [0.29, 0.717) is 19.7 Å². The van der Waals surface area contributed by atoms with Crippen LogP contribution in [0.3, 0.4) is 0 Å². The SMILES string of the molecule is C.CC.[3H]N1CC([B]P)OC(COC)C1. The Balaban J connectivity index is 0. The number of methoxy groups -OCH3 is 1. The zero-order valence-electron chi connectivity index (χ0n) is 9.69. The van der Waals surface area contributed by atoms with E-state index in [1.54, 1.807) is 7.11 Å². The molecule has 1 N–H and O–H groups in total. The van der Waals surface area contributed by atoms with Crippen molar-refractivity contribution in [2.45, 2.75) is 33.4 Å². The van der Waals surface area contributed by atoms with Crippen LogP contribution in [0, 0.1) is 0 Å². The molecule has 85 valence electrons. The van der Waals surface area contributed by atoms with Gasteiger partial charge < -0.3 is 14.8 Å². The van der Waals surface area contributed by atoms with Crippen molar-refractivity contribution >= 4 is 16.1 Å². The van der Waals surface area contributed by atoms with E-state index >= 15 is 0 Å². The van der Waals surface area contributed by atoms with Crippen LogP contribution in [0.1, 0.15) is 21.3 Å². The molecule has 3 atom stereocenters. The summed E-state index contributed by atoms with van der Waals surface area (Å²) in [6, 6.07) is 0.0430. The van der Waals surface area contributed by atoms with E-state index in [2.05, 4.69) is 9.12 Å². The van der Waals surface area contributed by atoms with Crippen molar-refractivity contribution in [3.05, 3.63) is 0 Å². The minimum Gasteiger partial charge on any atom is -0.382 e. The molecule has 3 nitrogen and oxygen atoms in total. The maximum atomic E-state index is 7.48. The Bertz CT molecular complexity index is 145. The van der Waals surface area contributed by atoms with Gasteiger partial charge in [-0.05, 0) is 0 Å². The average Bonchev–Trinajstić information content (AvgIpc) is 2.20. The highest BCUT2D eigenvalue weighted by Crippen LogP contribution is 2.04. The van der Waals surface area contributed by atoms with Crippen LogP contribution >= 0.6 is 9.12 Å². The number of rotatable bonds is 3. The maximum absolute atomic E-state index is 7.48. The Morgan fingerprint density at radius 2 is 2.29 bits per heavy atom. The van der Waals surface area contributed by atoms with Crippen LogP contribution in [0.2, 0.25) is 1.41 Å². The number of nitrogens with one attached hydrogen (secondary N) is 1. The van der Waals surface area contributed by atoms with Crippen LogP contribution in [0.5, 0.6) is 0 Å². The highest BCUT2D eigenvalue weighted by atomic mass is 31.0. The Labute approximate surface area is 93.2 Å². The van der Waals surface area contributed by atoms with Crippen molar-refractivity contribution in [3.8, 4) is 0 Å². The van der Waals surface area contributed by atoms with Gasteiger partial charge in [-0.15, -0.1) is 0 Å². The summed E-state index contributed by atoms with van der Waals surface area (Å²) in [4.78, 5) is 0. The van der Waals surface area contributed by atoms with Crippen molar-refractivity contribution in [3.63, 3.8) is 0 Å². The lowest BCUT2D eigenvalue weighted by atomic mass is 9.96. The maximum Gasteiger partial charge on any atom is 0.178 e. The van der Waals surface area contributed by atoms with Gasteiger partial charge in [0.1, 0.15) is 1.41 Å². The van der Waals surface area contributed by atoms with E-state index in [-0.39, 0.29) is 19.5 Å². The van der Waals surface area contributed by atoms with Crippen molar-refractivity contribution in [1.29, 1.82) is 0 Å². The minimum atomic E-state index is 0. The van der Waals surface area contributed by atoms with Gasteiger partial charge in [0, 0.05) is 26.2 Å². The van der Waals surface area contributed by atoms with E-state index in [4.69, 9.17) is 10.9 Å². The molecule has 0 saturated carbocycles. The summed E-state index contributed by atoms with van der Waals surface area (Å²) in [5.74, 6) is 0. The molecule has 14 heavy (non-hydrogen) atoms. The molecule has 0 spiro atoms. The molecule has 1 aliphatic heterocycles. The fourth-order valence-corrected chi connectivity index (χ4v) is 1.28. The normalized spacial score (nSPS) is 27.9. The first-order chi connectivity index (χ1) is 6.76. The van der Waals surface area contributed by atoms with Gasteiger partial charge in [-0.25, -0.2) is 0 Å². The molecule has 1 saturated heterocycles. The van der Waals surface area contributed by atoms with Crippen LogP contribution in [0.4, 0.5) is 0 Å². The minimum absolute atomic E-state index is 0. The van der Waals surface area contributed by atoms with Gasteiger partial charge in [-0.2, -0.15) is 9.12 Å². The molecular formula is C9H24BNO2P. The zero-order chi connectivity index (χ0) is 11.0. The van der Waals surface area contributed by atoms with Crippen molar-refractivity contribution in [1.82, 2.24) is 5.31 Å². The first-order valence-corrected chi connectivity index (χ1v) is 5.36. The van der Waals surface area contributed by atoms with Gasteiger partial charge in [0.2, 0.25) is 0 Å². The van der Waals surface area contributed by atoms with Crippen LogP contribution in [-0.4, -0.2) is 45.9 Å². The Hall–Kier alpha value is 0.375. The first-order valence-electron chi connectivity index (χ1n) is 5.14. The smallest absolute Gasteiger partial charge is 0.178 e. The highest BCUT2D eigenvalue weighted by molar-refractivity contribution is 7.56. The van der Waals surface area contributed by atoms with Crippen molar-refractivity contribution < 1.29 is 10.9 Å². The van der Waals surface area contributed by atoms with E-state index in [0.717, 1.165) is 0 Å². The van der Waals surface area contributed by atoms with E-state index in [9.17, 15) is 0 Å². The molecule has 1 radical (unpaired) electrons. The lowest BCUT2D eigenvalue weighted by molar-refractivity contribution is -0.0368. The summed E-state index contributed by atoms with van der Waals surface area (Å²) in [7, 11) is 4.16. The van der Waals surface area contributed by atoms with E-state index in [1.807, 2.05) is 20.8 Å². The Morgan fingerprint density at radius 1 is 1.64 bits per heavy atom. The van der Waals surface area contributed by atoms with E-state index < -0.39 is 0 Å². The van der Waals surface area contributed by atoms with Crippen LogP contribution in [0.25, 0.3) is 0 Å². The number of morpholine rings is 1. The Morgan fingerprint density at radius 3 is 2.79 bits per heavy atom. The third-order valence-electron chi connectivity index (χ3n) is 1.58. The van der Waals surface area contributed by atoms with Crippen LogP contribution < -0.4 is 5.31 Å². The highest BCUT2D eigenvalue weighted by Gasteiger charge is 2.20. The van der Waals surface area contributed by atoms with Crippen molar-refractivity contribution in [2.24, 2.45) is 0 Å². The molecular weight excluding hydrogens is 196 g/mol. The summed E-state index contributed by atoms with van der Waals surface area (Å²) < 4.78 is 18.0. The topological polar surface area (TPSA) is 30.5 Å². The molecule has 0 amide bonds. The summed E-state index contributed by atoms with van der Waals surface area (Å²) in [5.41, 5.74) is 0. The second-order valence-corrected chi connectivity index (χ2v) is 2.92. The number of hydrogen-bond donors (Lipinski definition) is 1. The Kier molecular flexibility index (Phi) is 11.8. The molecule has 1 fully saturated rings. The van der Waals surface area contributed by atoms with Crippen molar-refractivity contribution in [2.75, 3.05) is 26.8 Å². The summed E-state index contributed by atoms with van der Waals surface area (Å²) in [6.45, 7) is 7.72. The monoisotopic (exact) mass is 222 g/mol. The predicted octanol–water partition coefficient (Wildman–Crippen LogP) is 1.10. The van der Waals surface area contributed by atoms with Gasteiger partial charge >= 0.3 is 0 Å². The van der Waals surface area contributed by atoms with Gasteiger partial charge in [0.25, 0.3) is 0 Å². The van der Waals surface area contributed by atoms with Gasteiger partial charge in [-0.3, -0.25) is 0 Å². The summed E-state index contributed by atoms with van der Waals surface area (Å²) in [5, 5.41) is 1.51. The molecule has 5 heteroatoms. The van der Waals surface area contributed by atoms with Gasteiger partial charge in [0.15, 0.2) is 7.00 Å². The predicted molar refractivity (Wildman–Crippen MR) is 66.9 cm³/mol. The molecule has 0 aromatic rings.